The number of aliphatic carboxylic acids is 1. The van der Waals surface area contributed by atoms with Gasteiger partial charge in [0.1, 0.15) is 24.1 Å². The summed E-state index contributed by atoms with van der Waals surface area (Å²) in [6.07, 6.45) is -1.42. The number of aliphatic hydroxyl groups is 2. The molecular weight excluding hydrogens is 366 g/mol. The maximum absolute atomic E-state index is 11.0. The molecule has 5 N–H and O–H groups in total. The number of ketones is 1. The van der Waals surface area contributed by atoms with Crippen LogP contribution in [-0.2, 0) is 14.3 Å². The number of aliphatic hydroxyl groups excluding tert-OH is 2. The van der Waals surface area contributed by atoms with Crippen LogP contribution >= 0.6 is 11.8 Å². The zero-order chi connectivity index (χ0) is 18.8. The van der Waals surface area contributed by atoms with E-state index in [4.69, 9.17) is 15.6 Å². The molecule has 0 spiro atoms. The third kappa shape index (κ3) is 3.49. The Morgan fingerprint density at radius 1 is 1.27 bits per heavy atom. The van der Waals surface area contributed by atoms with Crippen LogP contribution in [0.4, 0.5) is 5.82 Å². The van der Waals surface area contributed by atoms with E-state index in [0.717, 1.165) is 0 Å². The predicted molar refractivity (Wildman–Crippen MR) is 90.2 cm³/mol. The lowest BCUT2D eigenvalue weighted by molar-refractivity contribution is -0.148. The molecule has 0 unspecified atom stereocenters. The number of Topliss-reactive ketones (excluding diaryl/α,β-unsaturated/α-hetero) is 1. The van der Waals surface area contributed by atoms with Crippen LogP contribution in [0.5, 0.6) is 0 Å². The molecule has 3 heterocycles. The van der Waals surface area contributed by atoms with Crippen molar-refractivity contribution in [2.75, 3.05) is 17.2 Å². The van der Waals surface area contributed by atoms with Crippen molar-refractivity contribution in [1.29, 1.82) is 0 Å². The number of imidazole rings is 1. The second kappa shape index (κ2) is 7.53. The molecule has 1 aliphatic rings. The molecule has 140 valence electrons. The van der Waals surface area contributed by atoms with Crippen molar-refractivity contribution < 1.29 is 29.6 Å². The number of hydrogen-bond donors (Lipinski definition) is 4. The molecule has 1 saturated heterocycles. The molecule has 0 aliphatic carbocycles. The first kappa shape index (κ1) is 18.5. The number of carbonyl (C=O) groups excluding carboxylic acids is 1. The summed E-state index contributed by atoms with van der Waals surface area (Å²) >= 11 is 1.26. The van der Waals surface area contributed by atoms with Crippen LogP contribution in [0.3, 0.4) is 0 Å². The van der Waals surface area contributed by atoms with Crippen LogP contribution < -0.4 is 5.73 Å². The number of fused-ring (bicyclic) bond motifs is 1. The molecule has 4 atom stereocenters. The number of hydrogen-bond acceptors (Lipinski definition) is 10. The fourth-order valence-corrected chi connectivity index (χ4v) is 3.63. The second-order valence-corrected chi connectivity index (χ2v) is 6.83. The van der Waals surface area contributed by atoms with Crippen LogP contribution in [0.2, 0.25) is 0 Å². The lowest BCUT2D eigenvalue weighted by Gasteiger charge is -2.16. The number of carbonyl (C=O) groups is 2. The van der Waals surface area contributed by atoms with E-state index in [9.17, 15) is 19.8 Å². The van der Waals surface area contributed by atoms with Crippen molar-refractivity contribution >= 4 is 40.5 Å². The Hall–Kier alpha value is -2.28. The first-order chi connectivity index (χ1) is 12.4. The van der Waals surface area contributed by atoms with E-state index in [0.29, 0.717) is 11.2 Å². The number of anilines is 1. The maximum Gasteiger partial charge on any atom is 0.372 e. The number of nitrogen functional groups attached to an aromatic ring is 1. The van der Waals surface area contributed by atoms with Gasteiger partial charge in [0, 0.05) is 17.9 Å². The van der Waals surface area contributed by atoms with E-state index in [1.54, 1.807) is 0 Å². The number of thioether (sulfide) groups is 1. The van der Waals surface area contributed by atoms with Crippen LogP contribution in [0.15, 0.2) is 12.7 Å². The molecule has 0 amide bonds. The van der Waals surface area contributed by atoms with Gasteiger partial charge in [-0.25, -0.2) is 19.7 Å². The molecule has 26 heavy (non-hydrogen) atoms. The Labute approximate surface area is 151 Å². The Morgan fingerprint density at radius 2 is 2.04 bits per heavy atom. The standard InChI is InChI=1S/C14H17N5O6S/c15-11-8-12(17-4-16-11)19(5-18-8)13-10(22)9(21)7(25-13)3-26-2-1-6(20)14(23)24/h4-5,7,9-10,13,21-22H,1-3H2,(H,23,24)(H2,15,16,17)/t7-,9-,10-,13-/m1/s1. The topological polar surface area (TPSA) is 174 Å². The third-order valence-corrected chi connectivity index (χ3v) is 5.05. The average molecular weight is 383 g/mol. The van der Waals surface area contributed by atoms with Crippen molar-refractivity contribution in [1.82, 2.24) is 19.5 Å². The second-order valence-electron chi connectivity index (χ2n) is 5.68. The summed E-state index contributed by atoms with van der Waals surface area (Å²) in [5.41, 5.74) is 6.47. The summed E-state index contributed by atoms with van der Waals surface area (Å²) < 4.78 is 7.20. The van der Waals surface area contributed by atoms with E-state index in [1.807, 2.05) is 0 Å². The predicted octanol–water partition coefficient (Wildman–Crippen LogP) is -1.20. The largest absolute Gasteiger partial charge is 0.476 e. The van der Waals surface area contributed by atoms with E-state index < -0.39 is 36.3 Å². The number of carboxylic acid groups (broad SMARTS) is 1. The number of nitrogens with two attached hydrogens (primary N) is 1. The molecule has 0 saturated carbocycles. The van der Waals surface area contributed by atoms with E-state index in [1.165, 1.54) is 29.0 Å². The number of nitrogens with zero attached hydrogens (tertiary/aromatic N) is 4. The summed E-state index contributed by atoms with van der Waals surface area (Å²) in [7, 11) is 0. The van der Waals surface area contributed by atoms with Gasteiger partial charge in [0.15, 0.2) is 17.7 Å². The molecule has 0 radical (unpaired) electrons. The van der Waals surface area contributed by atoms with Crippen LogP contribution in [0.1, 0.15) is 12.6 Å². The van der Waals surface area contributed by atoms with Gasteiger partial charge >= 0.3 is 5.97 Å². The monoisotopic (exact) mass is 383 g/mol. The Balaban J connectivity index is 1.65. The van der Waals surface area contributed by atoms with Crippen LogP contribution in [0.25, 0.3) is 11.2 Å². The average Bonchev–Trinajstić information content (AvgIpc) is 3.15. The highest BCUT2D eigenvalue weighted by atomic mass is 32.2. The number of rotatable bonds is 7. The van der Waals surface area contributed by atoms with E-state index in [-0.39, 0.29) is 23.7 Å². The van der Waals surface area contributed by atoms with Crippen molar-refractivity contribution in [3.05, 3.63) is 12.7 Å². The number of carboxylic acids is 1. The van der Waals surface area contributed by atoms with Crippen molar-refractivity contribution in [3.8, 4) is 0 Å². The molecule has 12 heteroatoms. The van der Waals surface area contributed by atoms with Gasteiger partial charge in [-0.1, -0.05) is 0 Å². The van der Waals surface area contributed by atoms with Gasteiger partial charge in [0.05, 0.1) is 12.4 Å². The first-order valence-corrected chi connectivity index (χ1v) is 8.84. The van der Waals surface area contributed by atoms with Crippen LogP contribution in [0, 0.1) is 0 Å². The van der Waals surface area contributed by atoms with Gasteiger partial charge in [0.2, 0.25) is 5.78 Å². The summed E-state index contributed by atoms with van der Waals surface area (Å²) in [6.45, 7) is 0. The third-order valence-electron chi connectivity index (χ3n) is 3.99. The molecule has 2 aromatic heterocycles. The Kier molecular flexibility index (Phi) is 5.36. The quantitative estimate of drug-likeness (QED) is 0.334. The lowest BCUT2D eigenvalue weighted by atomic mass is 10.1. The normalized spacial score (nSPS) is 25.6. The summed E-state index contributed by atoms with van der Waals surface area (Å²) in [5.74, 6) is -1.59. The van der Waals surface area contributed by atoms with Gasteiger partial charge in [-0.2, -0.15) is 11.8 Å². The van der Waals surface area contributed by atoms with Gasteiger partial charge in [-0.05, 0) is 0 Å². The summed E-state index contributed by atoms with van der Waals surface area (Å²) in [6, 6.07) is 0. The molecule has 0 bridgehead atoms. The van der Waals surface area contributed by atoms with Crippen molar-refractivity contribution in [2.45, 2.75) is 31.0 Å². The highest BCUT2D eigenvalue weighted by molar-refractivity contribution is 7.99. The molecule has 0 aromatic carbocycles. The SMILES string of the molecule is Nc1ncnc2c1ncn2[C@@H]1O[C@H](CSCCC(=O)C(=O)O)[C@@H](O)[C@H]1O. The van der Waals surface area contributed by atoms with Gasteiger partial charge < -0.3 is 25.8 Å². The maximum atomic E-state index is 11.0. The Morgan fingerprint density at radius 3 is 2.77 bits per heavy atom. The minimum absolute atomic E-state index is 0.114. The zero-order valence-corrected chi connectivity index (χ0v) is 14.2. The smallest absolute Gasteiger partial charge is 0.372 e. The summed E-state index contributed by atoms with van der Waals surface area (Å²) in [4.78, 5) is 33.5. The van der Waals surface area contributed by atoms with Crippen molar-refractivity contribution in [2.24, 2.45) is 0 Å². The highest BCUT2D eigenvalue weighted by Gasteiger charge is 2.44. The van der Waals surface area contributed by atoms with Gasteiger partial charge in [0.25, 0.3) is 0 Å². The fourth-order valence-electron chi connectivity index (χ4n) is 2.62. The number of ether oxygens (including phenoxy) is 1. The molecule has 3 rings (SSSR count). The summed E-state index contributed by atoms with van der Waals surface area (Å²) in [5, 5.41) is 29.0. The molecule has 2 aromatic rings. The molecular formula is C14H17N5O6S. The Bertz CT molecular complexity index is 829. The number of aromatic nitrogens is 4. The van der Waals surface area contributed by atoms with E-state index >= 15 is 0 Å². The minimum atomic E-state index is -1.47. The van der Waals surface area contributed by atoms with Crippen LogP contribution in [-0.4, -0.2) is 76.4 Å². The molecule has 1 aliphatic heterocycles. The highest BCUT2D eigenvalue weighted by Crippen LogP contribution is 2.33. The first-order valence-electron chi connectivity index (χ1n) is 7.68. The lowest BCUT2D eigenvalue weighted by Crippen LogP contribution is -2.32. The molecule has 11 nitrogen and oxygen atoms in total. The zero-order valence-electron chi connectivity index (χ0n) is 13.4. The fraction of sp³-hybridized carbons (Fsp3) is 0.500. The molecule has 1 fully saturated rings. The van der Waals surface area contributed by atoms with Gasteiger partial charge in [-0.3, -0.25) is 9.36 Å². The minimum Gasteiger partial charge on any atom is -0.476 e. The van der Waals surface area contributed by atoms with E-state index in [2.05, 4.69) is 15.0 Å². The van der Waals surface area contributed by atoms with Crippen molar-refractivity contribution in [3.63, 3.8) is 0 Å². The van der Waals surface area contributed by atoms with Gasteiger partial charge in [-0.15, -0.1) is 0 Å².